The monoisotopic (exact) mass is 540 g/mol. The first-order chi connectivity index (χ1) is 16.1. The van der Waals surface area contributed by atoms with Crippen LogP contribution in [0.5, 0.6) is 0 Å². The summed E-state index contributed by atoms with van der Waals surface area (Å²) < 4.78 is 28.6. The minimum atomic E-state index is -4.13. The highest BCUT2D eigenvalue weighted by molar-refractivity contribution is 7.89. The number of anilines is 1. The number of likely N-dealkylation sites (N-methyl/N-ethyl adjacent to an activating group) is 1. The van der Waals surface area contributed by atoms with Gasteiger partial charge in [-0.3, -0.25) is 4.79 Å². The highest BCUT2D eigenvalue weighted by atomic mass is 35.5. The lowest BCUT2D eigenvalue weighted by Gasteiger charge is -2.31. The molecule has 0 aliphatic carbocycles. The molecule has 2 aromatic carbocycles. The molecule has 0 fully saturated rings. The maximum atomic E-state index is 13.6. The van der Waals surface area contributed by atoms with Gasteiger partial charge in [-0.1, -0.05) is 54.7 Å². The van der Waals surface area contributed by atoms with E-state index in [-0.39, 0.29) is 10.5 Å². The SMILES string of the molecule is CC.CC1=C(C(=O)N(C)S(=O)(=O)c2ccc(Cl)cc2)C(c2ccc(Cl)c(Cl)c2)n2nccc2N1. The van der Waals surface area contributed by atoms with Crippen molar-refractivity contribution in [3.63, 3.8) is 0 Å². The highest BCUT2D eigenvalue weighted by Gasteiger charge is 2.37. The van der Waals surface area contributed by atoms with Gasteiger partial charge >= 0.3 is 0 Å². The van der Waals surface area contributed by atoms with Crippen molar-refractivity contribution in [2.24, 2.45) is 0 Å². The van der Waals surface area contributed by atoms with Crippen molar-refractivity contribution in [3.05, 3.63) is 86.6 Å². The van der Waals surface area contributed by atoms with Gasteiger partial charge in [-0.2, -0.15) is 5.10 Å². The fourth-order valence-electron chi connectivity index (χ4n) is 3.52. The average Bonchev–Trinajstić information content (AvgIpc) is 3.28. The summed E-state index contributed by atoms with van der Waals surface area (Å²) in [6, 6.07) is 11.6. The first-order valence-corrected chi connectivity index (χ1v) is 12.9. The topological polar surface area (TPSA) is 84.3 Å². The predicted molar refractivity (Wildman–Crippen MR) is 136 cm³/mol. The third kappa shape index (κ3) is 4.81. The summed E-state index contributed by atoms with van der Waals surface area (Å²) in [6.45, 7) is 5.71. The fourth-order valence-corrected chi connectivity index (χ4v) is 5.06. The van der Waals surface area contributed by atoms with Crippen LogP contribution in [0.15, 0.2) is 70.9 Å². The van der Waals surface area contributed by atoms with Crippen LogP contribution in [0.4, 0.5) is 5.82 Å². The molecule has 3 aromatic rings. The summed E-state index contributed by atoms with van der Waals surface area (Å²) >= 11 is 18.2. The Morgan fingerprint density at radius 2 is 1.68 bits per heavy atom. The van der Waals surface area contributed by atoms with Crippen molar-refractivity contribution in [1.82, 2.24) is 14.1 Å². The van der Waals surface area contributed by atoms with E-state index in [0.29, 0.717) is 32.1 Å². The Hall–Kier alpha value is -2.52. The van der Waals surface area contributed by atoms with Crippen LogP contribution in [0, 0.1) is 0 Å². The van der Waals surface area contributed by atoms with Crippen molar-refractivity contribution in [1.29, 1.82) is 0 Å². The van der Waals surface area contributed by atoms with E-state index in [9.17, 15) is 13.2 Å². The van der Waals surface area contributed by atoms with Gasteiger partial charge in [-0.25, -0.2) is 17.4 Å². The molecule has 4 rings (SSSR count). The number of hydrogen-bond acceptors (Lipinski definition) is 5. The normalized spacial score (nSPS) is 15.1. The van der Waals surface area contributed by atoms with Crippen molar-refractivity contribution < 1.29 is 13.2 Å². The van der Waals surface area contributed by atoms with Gasteiger partial charge in [0.15, 0.2) is 0 Å². The van der Waals surface area contributed by atoms with E-state index in [0.717, 1.165) is 4.31 Å². The molecule has 1 amide bonds. The third-order valence-electron chi connectivity index (χ3n) is 5.16. The largest absolute Gasteiger partial charge is 0.344 e. The fraction of sp³-hybridized carbons (Fsp3) is 0.217. The molecule has 0 saturated carbocycles. The quantitative estimate of drug-likeness (QED) is 0.437. The second kappa shape index (κ2) is 10.4. The zero-order chi connectivity index (χ0) is 25.2. The smallest absolute Gasteiger partial charge is 0.267 e. The van der Waals surface area contributed by atoms with Gasteiger partial charge in [0.05, 0.1) is 26.7 Å². The van der Waals surface area contributed by atoms with Gasteiger partial charge < -0.3 is 5.32 Å². The molecule has 0 radical (unpaired) electrons. The van der Waals surface area contributed by atoms with Gasteiger partial charge in [-0.15, -0.1) is 0 Å². The van der Waals surface area contributed by atoms with E-state index < -0.39 is 22.0 Å². The molecule has 1 atom stereocenters. The number of halogens is 3. The lowest BCUT2D eigenvalue weighted by Crippen LogP contribution is -2.39. The molecule has 1 aliphatic heterocycles. The van der Waals surface area contributed by atoms with Gasteiger partial charge in [0.2, 0.25) is 0 Å². The summed E-state index contributed by atoms with van der Waals surface area (Å²) in [6.07, 6.45) is 1.59. The maximum Gasteiger partial charge on any atom is 0.267 e. The van der Waals surface area contributed by atoms with Crippen molar-refractivity contribution in [2.45, 2.75) is 31.7 Å². The molecule has 0 bridgehead atoms. The summed E-state index contributed by atoms with van der Waals surface area (Å²) in [5.41, 5.74) is 1.34. The van der Waals surface area contributed by atoms with Gasteiger partial charge in [-0.05, 0) is 48.9 Å². The lowest BCUT2D eigenvalue weighted by molar-refractivity contribution is -0.122. The van der Waals surface area contributed by atoms with E-state index in [1.807, 2.05) is 13.8 Å². The molecule has 1 aliphatic rings. The number of nitrogens with zero attached hydrogens (tertiary/aromatic N) is 3. The van der Waals surface area contributed by atoms with Gasteiger partial charge in [0, 0.05) is 23.8 Å². The van der Waals surface area contributed by atoms with Crippen molar-refractivity contribution in [3.8, 4) is 0 Å². The molecule has 7 nitrogen and oxygen atoms in total. The number of fused-ring (bicyclic) bond motifs is 1. The third-order valence-corrected chi connectivity index (χ3v) is 7.90. The van der Waals surface area contributed by atoms with Crippen LogP contribution in [0.1, 0.15) is 32.4 Å². The van der Waals surface area contributed by atoms with E-state index in [1.54, 1.807) is 42.1 Å². The molecule has 1 unspecified atom stereocenters. The summed E-state index contributed by atoms with van der Waals surface area (Å²) in [5.74, 6) is -0.0551. The molecule has 1 aromatic heterocycles. The maximum absolute atomic E-state index is 13.6. The number of nitrogens with one attached hydrogen (secondary N) is 1. The zero-order valence-electron chi connectivity index (χ0n) is 18.9. The number of aromatic nitrogens is 2. The number of rotatable bonds is 4. The van der Waals surface area contributed by atoms with E-state index in [1.165, 1.54) is 31.3 Å². The number of sulfonamides is 1. The Labute approximate surface area is 214 Å². The van der Waals surface area contributed by atoms with Gasteiger partial charge in [0.25, 0.3) is 15.9 Å². The number of amides is 1. The second-order valence-corrected chi connectivity index (χ2v) is 10.4. The van der Waals surface area contributed by atoms with E-state index >= 15 is 0 Å². The number of benzene rings is 2. The van der Waals surface area contributed by atoms with Crippen molar-refractivity contribution >= 4 is 56.6 Å². The molecular formula is C23H23Cl3N4O3S. The number of allylic oxidation sites excluding steroid dienone is 1. The molecule has 11 heteroatoms. The Bertz CT molecular complexity index is 1350. The molecule has 1 N–H and O–H groups in total. The number of hydrogen-bond donors (Lipinski definition) is 1. The minimum absolute atomic E-state index is 0.0503. The Morgan fingerprint density at radius 3 is 2.29 bits per heavy atom. The summed E-state index contributed by atoms with van der Waals surface area (Å²) in [5, 5.41) is 8.50. The van der Waals surface area contributed by atoms with Crippen LogP contribution in [-0.4, -0.2) is 35.5 Å². The first-order valence-electron chi connectivity index (χ1n) is 10.4. The van der Waals surface area contributed by atoms with Gasteiger partial charge in [0.1, 0.15) is 11.9 Å². The summed E-state index contributed by atoms with van der Waals surface area (Å²) in [4.78, 5) is 13.5. The lowest BCUT2D eigenvalue weighted by atomic mass is 9.95. The molecule has 34 heavy (non-hydrogen) atoms. The van der Waals surface area contributed by atoms with Crippen LogP contribution in [0.25, 0.3) is 0 Å². The van der Waals surface area contributed by atoms with Crippen LogP contribution in [0.3, 0.4) is 0 Å². The van der Waals surface area contributed by atoms with Crippen LogP contribution < -0.4 is 5.32 Å². The molecule has 0 spiro atoms. The molecule has 0 saturated heterocycles. The van der Waals surface area contributed by atoms with Crippen LogP contribution in [-0.2, 0) is 14.8 Å². The molecular weight excluding hydrogens is 519 g/mol. The Morgan fingerprint density at radius 1 is 1.03 bits per heavy atom. The average molecular weight is 542 g/mol. The first kappa shape index (κ1) is 26.1. The van der Waals surface area contributed by atoms with Crippen LogP contribution in [0.2, 0.25) is 15.1 Å². The predicted octanol–water partition coefficient (Wildman–Crippen LogP) is 6.01. The Balaban J connectivity index is 0.00000158. The highest BCUT2D eigenvalue weighted by Crippen LogP contribution is 2.38. The number of carbonyl (C=O) groups excluding carboxylic acids is 1. The van der Waals surface area contributed by atoms with Crippen LogP contribution >= 0.6 is 34.8 Å². The second-order valence-electron chi connectivity index (χ2n) is 7.13. The van der Waals surface area contributed by atoms with Crippen molar-refractivity contribution in [2.75, 3.05) is 12.4 Å². The van der Waals surface area contributed by atoms with E-state index in [4.69, 9.17) is 34.8 Å². The number of carbonyl (C=O) groups is 1. The summed E-state index contributed by atoms with van der Waals surface area (Å²) in [7, 11) is -2.91. The minimum Gasteiger partial charge on any atom is -0.344 e. The molecule has 180 valence electrons. The Kier molecular flexibility index (Phi) is 7.98. The standard InChI is InChI=1S/C21H17Cl3N4O3S.C2H6/c1-12-19(21(29)27(2)32(30,31)15-6-4-14(22)5-7-15)20(28-18(26-12)9-10-25-28)13-3-8-16(23)17(24)11-13;1-2/h3-11,20,26H,1-2H3;1-2H3. The van der Waals surface area contributed by atoms with E-state index in [2.05, 4.69) is 10.4 Å². The zero-order valence-corrected chi connectivity index (χ0v) is 22.0. The molecule has 2 heterocycles.